The molecule has 0 spiro atoms. The van der Waals surface area contributed by atoms with E-state index in [9.17, 15) is 4.79 Å². The van der Waals surface area contributed by atoms with Crippen molar-refractivity contribution < 1.29 is 9.53 Å². The van der Waals surface area contributed by atoms with Gasteiger partial charge < -0.3 is 15.4 Å². The largest absolute Gasteiger partial charge is 0.379 e. The summed E-state index contributed by atoms with van der Waals surface area (Å²) in [5.74, 6) is 0.587. The number of nitrogens with zero attached hydrogens (tertiary/aromatic N) is 1. The average molecular weight is 331 g/mol. The van der Waals surface area contributed by atoms with Gasteiger partial charge in [0.2, 0.25) is 0 Å². The molecule has 2 aliphatic rings. The summed E-state index contributed by atoms with van der Waals surface area (Å²) in [6, 6.07) is 8.65. The molecule has 1 aliphatic heterocycles. The van der Waals surface area contributed by atoms with Crippen LogP contribution in [0.1, 0.15) is 37.3 Å². The molecule has 1 saturated heterocycles. The number of rotatable bonds is 5. The van der Waals surface area contributed by atoms with Crippen LogP contribution in [0.15, 0.2) is 24.3 Å². The fraction of sp³-hybridized carbons (Fsp3) is 0.632. The van der Waals surface area contributed by atoms with Crippen LogP contribution in [0, 0.1) is 5.92 Å². The Bertz CT molecular complexity index is 543. The van der Waals surface area contributed by atoms with Gasteiger partial charge >= 0.3 is 6.03 Å². The summed E-state index contributed by atoms with van der Waals surface area (Å²) >= 11 is 0. The van der Waals surface area contributed by atoms with Gasteiger partial charge in [-0.25, -0.2) is 4.79 Å². The summed E-state index contributed by atoms with van der Waals surface area (Å²) in [6.07, 6.45) is 3.53. The molecule has 5 nitrogen and oxygen atoms in total. The number of carbonyl (C=O) groups excluding carboxylic acids is 1. The van der Waals surface area contributed by atoms with E-state index in [1.165, 1.54) is 24.0 Å². The second-order valence-corrected chi connectivity index (χ2v) is 7.00. The molecule has 1 saturated carbocycles. The zero-order valence-electron chi connectivity index (χ0n) is 14.6. The van der Waals surface area contributed by atoms with Crippen LogP contribution in [0.2, 0.25) is 0 Å². The predicted octanol–water partition coefficient (Wildman–Crippen LogP) is 2.51. The molecule has 2 N–H and O–H groups in total. The maximum absolute atomic E-state index is 12.2. The Balaban J connectivity index is 1.51. The van der Waals surface area contributed by atoms with Crippen molar-refractivity contribution in [1.82, 2.24) is 15.5 Å². The highest BCUT2D eigenvalue weighted by molar-refractivity contribution is 5.74. The molecule has 132 valence electrons. The van der Waals surface area contributed by atoms with E-state index in [1.54, 1.807) is 0 Å². The number of urea groups is 1. The van der Waals surface area contributed by atoms with Crippen LogP contribution in [0.3, 0.4) is 0 Å². The van der Waals surface area contributed by atoms with Gasteiger partial charge in [0.05, 0.1) is 13.2 Å². The zero-order chi connectivity index (χ0) is 16.8. The Morgan fingerprint density at radius 3 is 2.67 bits per heavy atom. The summed E-state index contributed by atoms with van der Waals surface area (Å²) in [7, 11) is 0. The number of carbonyl (C=O) groups is 1. The third kappa shape index (κ3) is 4.71. The Morgan fingerprint density at radius 1 is 1.21 bits per heavy atom. The fourth-order valence-corrected chi connectivity index (χ4v) is 3.64. The lowest BCUT2D eigenvalue weighted by atomic mass is 10.1. The van der Waals surface area contributed by atoms with Crippen LogP contribution in [0.25, 0.3) is 0 Å². The van der Waals surface area contributed by atoms with Gasteiger partial charge in [-0.15, -0.1) is 0 Å². The van der Waals surface area contributed by atoms with Gasteiger partial charge in [-0.3, -0.25) is 4.90 Å². The molecule has 2 atom stereocenters. The average Bonchev–Trinajstić information content (AvgIpc) is 3.00. The molecule has 2 unspecified atom stereocenters. The molecule has 5 heteroatoms. The predicted molar refractivity (Wildman–Crippen MR) is 94.7 cm³/mol. The first-order chi connectivity index (χ1) is 11.7. The number of hydrogen-bond acceptors (Lipinski definition) is 3. The van der Waals surface area contributed by atoms with E-state index in [-0.39, 0.29) is 6.03 Å². The van der Waals surface area contributed by atoms with Gasteiger partial charge in [0.15, 0.2) is 0 Å². The lowest BCUT2D eigenvalue weighted by molar-refractivity contribution is 0.0341. The van der Waals surface area contributed by atoms with Crippen molar-refractivity contribution in [2.24, 2.45) is 5.92 Å². The minimum atomic E-state index is -0.0464. The number of morpholine rings is 1. The molecular formula is C19H29N3O2. The summed E-state index contributed by atoms with van der Waals surface area (Å²) in [5, 5.41) is 6.15. The van der Waals surface area contributed by atoms with Gasteiger partial charge in [0.25, 0.3) is 0 Å². The molecule has 1 aromatic carbocycles. The minimum Gasteiger partial charge on any atom is -0.379 e. The van der Waals surface area contributed by atoms with E-state index in [0.29, 0.717) is 18.5 Å². The standard InChI is InChI=1S/C19H29N3O2/c1-15-5-4-8-18(15)21-19(23)20-13-16-6-2-3-7-17(16)14-22-9-11-24-12-10-22/h2-3,6-7,15,18H,4-5,8-14H2,1H3,(H2,20,21,23). The van der Waals surface area contributed by atoms with E-state index >= 15 is 0 Å². The fourth-order valence-electron chi connectivity index (χ4n) is 3.64. The summed E-state index contributed by atoms with van der Waals surface area (Å²) in [5.41, 5.74) is 2.48. The molecular weight excluding hydrogens is 302 g/mol. The van der Waals surface area contributed by atoms with Crippen molar-refractivity contribution in [2.75, 3.05) is 26.3 Å². The SMILES string of the molecule is CC1CCCC1NC(=O)NCc1ccccc1CN1CCOCC1. The first-order valence-electron chi connectivity index (χ1n) is 9.13. The third-order valence-corrected chi connectivity index (χ3v) is 5.23. The van der Waals surface area contributed by atoms with Crippen LogP contribution in [0.5, 0.6) is 0 Å². The number of benzene rings is 1. The Labute approximate surface area is 144 Å². The van der Waals surface area contributed by atoms with Crippen molar-refractivity contribution in [3.8, 4) is 0 Å². The third-order valence-electron chi connectivity index (χ3n) is 5.23. The Morgan fingerprint density at radius 2 is 1.96 bits per heavy atom. The first-order valence-corrected chi connectivity index (χ1v) is 9.13. The molecule has 2 amide bonds. The van der Waals surface area contributed by atoms with Crippen molar-refractivity contribution in [3.05, 3.63) is 35.4 Å². The van der Waals surface area contributed by atoms with E-state index < -0.39 is 0 Å². The summed E-state index contributed by atoms with van der Waals surface area (Å²) < 4.78 is 5.41. The molecule has 2 fully saturated rings. The number of hydrogen-bond donors (Lipinski definition) is 2. The second-order valence-electron chi connectivity index (χ2n) is 7.00. The first kappa shape index (κ1) is 17.2. The van der Waals surface area contributed by atoms with Gasteiger partial charge in [0.1, 0.15) is 0 Å². The number of amides is 2. The molecule has 1 heterocycles. The normalized spacial score (nSPS) is 24.7. The zero-order valence-corrected chi connectivity index (χ0v) is 14.6. The summed E-state index contributed by atoms with van der Waals surface area (Å²) in [4.78, 5) is 14.6. The van der Waals surface area contributed by atoms with Gasteiger partial charge in [-0.1, -0.05) is 37.6 Å². The molecule has 0 bridgehead atoms. The van der Waals surface area contributed by atoms with Crippen LogP contribution in [-0.2, 0) is 17.8 Å². The van der Waals surface area contributed by atoms with Crippen molar-refractivity contribution in [1.29, 1.82) is 0 Å². The molecule has 1 aliphatic carbocycles. The molecule has 3 rings (SSSR count). The highest BCUT2D eigenvalue weighted by atomic mass is 16.5. The van der Waals surface area contributed by atoms with Crippen molar-refractivity contribution >= 4 is 6.03 Å². The monoisotopic (exact) mass is 331 g/mol. The smallest absolute Gasteiger partial charge is 0.315 e. The lowest BCUT2D eigenvalue weighted by Crippen LogP contribution is -2.43. The Kier molecular flexibility index (Phi) is 6.10. The maximum atomic E-state index is 12.2. The van der Waals surface area contributed by atoms with E-state index in [2.05, 4.69) is 40.7 Å². The molecule has 0 radical (unpaired) electrons. The van der Waals surface area contributed by atoms with Crippen LogP contribution in [-0.4, -0.2) is 43.3 Å². The minimum absolute atomic E-state index is 0.0464. The van der Waals surface area contributed by atoms with Crippen LogP contribution in [0.4, 0.5) is 4.79 Å². The van der Waals surface area contributed by atoms with Gasteiger partial charge in [-0.05, 0) is 29.9 Å². The number of nitrogens with one attached hydrogen (secondary N) is 2. The van der Waals surface area contributed by atoms with E-state index in [1.807, 2.05) is 6.07 Å². The van der Waals surface area contributed by atoms with Crippen LogP contribution < -0.4 is 10.6 Å². The van der Waals surface area contributed by atoms with Crippen molar-refractivity contribution in [2.45, 2.75) is 45.3 Å². The van der Waals surface area contributed by atoms with Crippen molar-refractivity contribution in [3.63, 3.8) is 0 Å². The highest BCUT2D eigenvalue weighted by Gasteiger charge is 2.24. The molecule has 1 aromatic rings. The highest BCUT2D eigenvalue weighted by Crippen LogP contribution is 2.24. The van der Waals surface area contributed by atoms with E-state index in [4.69, 9.17) is 4.74 Å². The van der Waals surface area contributed by atoms with Gasteiger partial charge in [0, 0.05) is 32.2 Å². The topological polar surface area (TPSA) is 53.6 Å². The summed E-state index contributed by atoms with van der Waals surface area (Å²) in [6.45, 7) is 7.28. The lowest BCUT2D eigenvalue weighted by Gasteiger charge is -2.27. The quantitative estimate of drug-likeness (QED) is 0.872. The van der Waals surface area contributed by atoms with Crippen LogP contribution >= 0.6 is 0 Å². The second kappa shape index (κ2) is 8.49. The maximum Gasteiger partial charge on any atom is 0.315 e. The van der Waals surface area contributed by atoms with E-state index in [0.717, 1.165) is 39.3 Å². The molecule has 24 heavy (non-hydrogen) atoms. The van der Waals surface area contributed by atoms with Gasteiger partial charge in [-0.2, -0.15) is 0 Å². The Hall–Kier alpha value is -1.59. The number of ether oxygens (including phenoxy) is 1. The molecule has 0 aromatic heterocycles.